The Labute approximate surface area is 176 Å². The second-order valence-corrected chi connectivity index (χ2v) is 7.74. The minimum atomic E-state index is -0.407. The van der Waals surface area contributed by atoms with Gasteiger partial charge < -0.3 is 20.4 Å². The number of aliphatic hydroxyl groups is 1. The third kappa shape index (κ3) is 5.89. The number of nitrogens with zero attached hydrogens (tertiary/aromatic N) is 3. The Kier molecular flexibility index (Phi) is 7.96. The summed E-state index contributed by atoms with van der Waals surface area (Å²) in [4.78, 5) is 19.2. The van der Waals surface area contributed by atoms with Crippen molar-refractivity contribution in [1.82, 2.24) is 9.97 Å². The van der Waals surface area contributed by atoms with Crippen LogP contribution in [0.25, 0.3) is 11.3 Å². The van der Waals surface area contributed by atoms with E-state index < -0.39 is 5.82 Å². The van der Waals surface area contributed by atoms with Gasteiger partial charge in [-0.2, -0.15) is 0 Å². The van der Waals surface area contributed by atoms with Crippen molar-refractivity contribution in [2.24, 2.45) is 0 Å². The number of halogens is 1. The van der Waals surface area contributed by atoms with Gasteiger partial charge in [-0.1, -0.05) is 31.4 Å². The predicted molar refractivity (Wildman–Crippen MR) is 114 cm³/mol. The third-order valence-electron chi connectivity index (χ3n) is 5.63. The first-order chi connectivity index (χ1) is 14.6. The SMILES string of the molecule is O=CO.OC1CCN(c2cccc(-c3nc(NC4CCCCC4)ncc3F)c2)CC1. The molecule has 1 aromatic heterocycles. The maximum absolute atomic E-state index is 14.5. The van der Waals surface area contributed by atoms with E-state index in [-0.39, 0.29) is 12.6 Å². The molecule has 2 aromatic rings. The molecule has 1 saturated carbocycles. The number of carbonyl (C=O) groups is 1. The number of benzene rings is 1. The average Bonchev–Trinajstić information content (AvgIpc) is 2.77. The van der Waals surface area contributed by atoms with E-state index in [1.165, 1.54) is 25.5 Å². The number of rotatable bonds is 4. The topological polar surface area (TPSA) is 98.6 Å². The highest BCUT2D eigenvalue weighted by atomic mass is 19.1. The molecule has 162 valence electrons. The van der Waals surface area contributed by atoms with Crippen molar-refractivity contribution in [1.29, 1.82) is 0 Å². The Morgan fingerprint density at radius 1 is 1.13 bits per heavy atom. The summed E-state index contributed by atoms with van der Waals surface area (Å²) in [5.74, 6) is 0.0974. The van der Waals surface area contributed by atoms with E-state index in [0.717, 1.165) is 50.0 Å². The lowest BCUT2D eigenvalue weighted by Crippen LogP contribution is -2.35. The van der Waals surface area contributed by atoms with Crippen molar-refractivity contribution in [2.45, 2.75) is 57.1 Å². The van der Waals surface area contributed by atoms with E-state index in [4.69, 9.17) is 9.90 Å². The van der Waals surface area contributed by atoms with Gasteiger partial charge in [0.1, 0.15) is 5.69 Å². The molecule has 0 atom stereocenters. The molecule has 1 aliphatic carbocycles. The van der Waals surface area contributed by atoms with E-state index in [0.29, 0.717) is 17.7 Å². The van der Waals surface area contributed by atoms with Gasteiger partial charge >= 0.3 is 0 Å². The van der Waals surface area contributed by atoms with Gasteiger partial charge in [-0.25, -0.2) is 14.4 Å². The van der Waals surface area contributed by atoms with Gasteiger partial charge in [0.25, 0.3) is 6.47 Å². The van der Waals surface area contributed by atoms with Crippen molar-refractivity contribution in [3.8, 4) is 11.3 Å². The molecule has 30 heavy (non-hydrogen) atoms. The van der Waals surface area contributed by atoms with E-state index in [9.17, 15) is 9.50 Å². The number of aromatic nitrogens is 2. The molecule has 2 heterocycles. The van der Waals surface area contributed by atoms with Gasteiger partial charge in [0.2, 0.25) is 5.95 Å². The Morgan fingerprint density at radius 2 is 1.83 bits per heavy atom. The number of piperidine rings is 1. The smallest absolute Gasteiger partial charge is 0.290 e. The van der Waals surface area contributed by atoms with E-state index >= 15 is 0 Å². The molecule has 0 bridgehead atoms. The molecule has 0 spiro atoms. The zero-order valence-electron chi connectivity index (χ0n) is 17.0. The van der Waals surface area contributed by atoms with Crippen LogP contribution in [0.1, 0.15) is 44.9 Å². The molecule has 0 amide bonds. The molecular formula is C22H29FN4O3. The van der Waals surface area contributed by atoms with Crippen LogP contribution in [0.3, 0.4) is 0 Å². The summed E-state index contributed by atoms with van der Waals surface area (Å²) in [6.45, 7) is 1.37. The van der Waals surface area contributed by atoms with Gasteiger partial charge in [0, 0.05) is 30.4 Å². The summed E-state index contributed by atoms with van der Waals surface area (Å²) >= 11 is 0. The summed E-state index contributed by atoms with van der Waals surface area (Å²) in [6.07, 6.45) is 8.54. The maximum Gasteiger partial charge on any atom is 0.290 e. The Hall–Kier alpha value is -2.74. The first-order valence-electron chi connectivity index (χ1n) is 10.5. The Bertz CT molecular complexity index is 822. The number of hydrogen-bond acceptors (Lipinski definition) is 6. The lowest BCUT2D eigenvalue weighted by Gasteiger charge is -2.31. The molecule has 2 fully saturated rings. The summed E-state index contributed by atoms with van der Waals surface area (Å²) < 4.78 is 14.5. The minimum Gasteiger partial charge on any atom is -0.483 e. The predicted octanol–water partition coefficient (Wildman–Crippen LogP) is 3.69. The van der Waals surface area contributed by atoms with Crippen LogP contribution >= 0.6 is 0 Å². The lowest BCUT2D eigenvalue weighted by molar-refractivity contribution is -0.122. The minimum absolute atomic E-state index is 0.211. The largest absolute Gasteiger partial charge is 0.483 e. The van der Waals surface area contributed by atoms with Gasteiger partial charge in [0.15, 0.2) is 5.82 Å². The molecule has 8 heteroatoms. The quantitative estimate of drug-likeness (QED) is 0.654. The zero-order chi connectivity index (χ0) is 21.3. The number of nitrogens with one attached hydrogen (secondary N) is 1. The molecule has 1 aliphatic heterocycles. The number of anilines is 2. The van der Waals surface area contributed by atoms with Crippen LogP contribution in [-0.2, 0) is 4.79 Å². The monoisotopic (exact) mass is 416 g/mol. The summed E-state index contributed by atoms with van der Waals surface area (Å²) in [7, 11) is 0. The second kappa shape index (κ2) is 10.9. The molecule has 3 N–H and O–H groups in total. The average molecular weight is 416 g/mol. The molecule has 7 nitrogen and oxygen atoms in total. The first kappa shape index (κ1) is 22.0. The van der Waals surface area contributed by atoms with E-state index in [2.05, 4.69) is 20.2 Å². The maximum atomic E-state index is 14.5. The molecule has 2 aliphatic rings. The van der Waals surface area contributed by atoms with Crippen molar-refractivity contribution < 1.29 is 19.4 Å². The van der Waals surface area contributed by atoms with Crippen molar-refractivity contribution >= 4 is 18.1 Å². The van der Waals surface area contributed by atoms with E-state index in [1.807, 2.05) is 24.3 Å². The molecular weight excluding hydrogens is 387 g/mol. The molecule has 0 radical (unpaired) electrons. The Morgan fingerprint density at radius 3 is 2.53 bits per heavy atom. The number of carboxylic acid groups (broad SMARTS) is 1. The lowest BCUT2D eigenvalue weighted by atomic mass is 9.96. The first-order valence-corrected chi connectivity index (χ1v) is 10.5. The summed E-state index contributed by atoms with van der Waals surface area (Å²) in [5, 5.41) is 20.0. The molecule has 1 saturated heterocycles. The van der Waals surface area contributed by atoms with Gasteiger partial charge in [0.05, 0.1) is 12.3 Å². The molecule has 4 rings (SSSR count). The molecule has 1 aromatic carbocycles. The zero-order valence-corrected chi connectivity index (χ0v) is 17.0. The highest BCUT2D eigenvalue weighted by Gasteiger charge is 2.19. The van der Waals surface area contributed by atoms with E-state index in [1.54, 1.807) is 0 Å². The van der Waals surface area contributed by atoms with Crippen molar-refractivity contribution in [3.05, 3.63) is 36.3 Å². The fourth-order valence-electron chi connectivity index (χ4n) is 4.04. The third-order valence-corrected chi connectivity index (χ3v) is 5.63. The highest BCUT2D eigenvalue weighted by Crippen LogP contribution is 2.28. The van der Waals surface area contributed by atoms with Crippen LogP contribution in [0.2, 0.25) is 0 Å². The van der Waals surface area contributed by atoms with Gasteiger partial charge in [-0.3, -0.25) is 4.79 Å². The van der Waals surface area contributed by atoms with Crippen LogP contribution < -0.4 is 10.2 Å². The molecule has 0 unspecified atom stereocenters. The fourth-order valence-corrected chi connectivity index (χ4v) is 4.04. The highest BCUT2D eigenvalue weighted by molar-refractivity contribution is 5.67. The standard InChI is InChI=1S/C21H27FN4O.CH2O2/c22-19-14-23-21(24-16-6-2-1-3-7-16)25-20(19)15-5-4-8-17(13-15)26-11-9-18(27)10-12-26;2-1-3/h4-5,8,13-14,16,18,27H,1-3,6-7,9-12H2,(H,23,24,25);1H,(H,2,3). The van der Waals surface area contributed by atoms with Gasteiger partial charge in [-0.15, -0.1) is 0 Å². The number of aliphatic hydroxyl groups excluding tert-OH is 1. The van der Waals surface area contributed by atoms with Crippen LogP contribution in [0.5, 0.6) is 0 Å². The normalized spacial score (nSPS) is 17.7. The second-order valence-electron chi connectivity index (χ2n) is 7.74. The number of hydrogen-bond donors (Lipinski definition) is 3. The van der Waals surface area contributed by atoms with Crippen LogP contribution in [0.4, 0.5) is 16.0 Å². The fraction of sp³-hybridized carbons (Fsp3) is 0.500. The van der Waals surface area contributed by atoms with Gasteiger partial charge in [-0.05, 0) is 37.8 Å². The van der Waals surface area contributed by atoms with Crippen molar-refractivity contribution in [2.75, 3.05) is 23.3 Å². The van der Waals surface area contributed by atoms with Crippen molar-refractivity contribution in [3.63, 3.8) is 0 Å². The Balaban J connectivity index is 0.000000806. The summed E-state index contributed by atoms with van der Waals surface area (Å²) in [5.41, 5.74) is 2.13. The summed E-state index contributed by atoms with van der Waals surface area (Å²) in [6, 6.07) is 8.21. The van der Waals surface area contributed by atoms with Crippen LogP contribution in [0.15, 0.2) is 30.5 Å². The van der Waals surface area contributed by atoms with Crippen LogP contribution in [-0.4, -0.2) is 51.9 Å². The van der Waals surface area contributed by atoms with Crippen LogP contribution in [0, 0.1) is 5.82 Å².